The van der Waals surface area contributed by atoms with Crippen LogP contribution in [0.3, 0.4) is 0 Å². The number of nitrogens with one attached hydrogen (secondary N) is 1. The van der Waals surface area contributed by atoms with Gasteiger partial charge >= 0.3 is 0 Å². The maximum Gasteiger partial charge on any atom is 0.261 e. The van der Waals surface area contributed by atoms with Gasteiger partial charge < -0.3 is 5.11 Å². The van der Waals surface area contributed by atoms with Crippen LogP contribution in [-0.2, 0) is 23.1 Å². The van der Waals surface area contributed by atoms with Gasteiger partial charge in [0.25, 0.3) is 10.0 Å². The van der Waals surface area contributed by atoms with Crippen LogP contribution in [0.15, 0.2) is 47.4 Å². The lowest BCUT2D eigenvalue weighted by atomic mass is 10.1. The number of rotatable bonds is 5. The number of aliphatic hydroxyl groups is 1. The largest absolute Gasteiger partial charge is 0.392 e. The van der Waals surface area contributed by atoms with E-state index < -0.39 is 15.8 Å². The van der Waals surface area contributed by atoms with E-state index in [-0.39, 0.29) is 17.2 Å². The molecule has 0 amide bonds. The number of hydrogen-bond donors (Lipinski definition) is 2. The quantitative estimate of drug-likeness (QED) is 0.892. The molecule has 2 N–H and O–H groups in total. The van der Waals surface area contributed by atoms with Crippen LogP contribution in [0.4, 0.5) is 10.1 Å². The van der Waals surface area contributed by atoms with Gasteiger partial charge in [0.15, 0.2) is 0 Å². The van der Waals surface area contributed by atoms with Crippen molar-refractivity contribution < 1.29 is 17.9 Å². The Balaban J connectivity index is 2.35. The summed E-state index contributed by atoms with van der Waals surface area (Å²) in [6, 6.07) is 9.80. The Kier molecular flexibility index (Phi) is 4.59. The molecule has 0 aromatic heterocycles. The van der Waals surface area contributed by atoms with Crippen molar-refractivity contribution in [2.24, 2.45) is 0 Å². The second-order valence-corrected chi connectivity index (χ2v) is 6.24. The van der Waals surface area contributed by atoms with Crippen LogP contribution in [-0.4, -0.2) is 13.5 Å². The van der Waals surface area contributed by atoms with Gasteiger partial charge in [-0.3, -0.25) is 4.72 Å². The van der Waals surface area contributed by atoms with E-state index in [1.807, 2.05) is 6.92 Å². The van der Waals surface area contributed by atoms with Gasteiger partial charge in [-0.15, -0.1) is 0 Å². The highest BCUT2D eigenvalue weighted by Crippen LogP contribution is 2.20. The predicted molar refractivity (Wildman–Crippen MR) is 79.0 cm³/mol. The minimum absolute atomic E-state index is 0.0352. The van der Waals surface area contributed by atoms with Gasteiger partial charge in [0.05, 0.1) is 17.2 Å². The zero-order chi connectivity index (χ0) is 15.5. The molecule has 0 aliphatic heterocycles. The molecule has 0 spiro atoms. The number of aliphatic hydroxyl groups excluding tert-OH is 1. The molecule has 2 aromatic carbocycles. The van der Waals surface area contributed by atoms with Crippen molar-refractivity contribution in [1.82, 2.24) is 0 Å². The van der Waals surface area contributed by atoms with Crippen molar-refractivity contribution in [2.75, 3.05) is 4.72 Å². The van der Waals surface area contributed by atoms with Crippen molar-refractivity contribution in [3.63, 3.8) is 0 Å². The van der Waals surface area contributed by atoms with E-state index in [0.717, 1.165) is 11.6 Å². The molecule has 0 bridgehead atoms. The number of sulfonamides is 1. The van der Waals surface area contributed by atoms with E-state index >= 15 is 0 Å². The monoisotopic (exact) mass is 309 g/mol. The summed E-state index contributed by atoms with van der Waals surface area (Å²) in [5, 5.41) is 9.30. The fraction of sp³-hybridized carbons (Fsp3) is 0.200. The first-order valence-electron chi connectivity index (χ1n) is 6.47. The minimum Gasteiger partial charge on any atom is -0.392 e. The van der Waals surface area contributed by atoms with Gasteiger partial charge in [0.2, 0.25) is 0 Å². The third-order valence-electron chi connectivity index (χ3n) is 3.12. The van der Waals surface area contributed by atoms with Crippen molar-refractivity contribution in [3.8, 4) is 0 Å². The molecule has 0 fully saturated rings. The number of anilines is 1. The van der Waals surface area contributed by atoms with Crippen molar-refractivity contribution in [2.45, 2.75) is 24.8 Å². The van der Waals surface area contributed by atoms with Crippen LogP contribution in [0.1, 0.15) is 18.1 Å². The molecule has 0 unspecified atom stereocenters. The average molecular weight is 309 g/mol. The Morgan fingerprint density at radius 1 is 1.14 bits per heavy atom. The highest BCUT2D eigenvalue weighted by atomic mass is 32.2. The fourth-order valence-corrected chi connectivity index (χ4v) is 3.13. The third kappa shape index (κ3) is 3.59. The van der Waals surface area contributed by atoms with Crippen LogP contribution in [0.25, 0.3) is 0 Å². The molecule has 4 nitrogen and oxygen atoms in total. The molecular formula is C15H16FNO3S. The summed E-state index contributed by atoms with van der Waals surface area (Å²) >= 11 is 0. The summed E-state index contributed by atoms with van der Waals surface area (Å²) in [7, 11) is -3.82. The lowest BCUT2D eigenvalue weighted by Crippen LogP contribution is -2.13. The van der Waals surface area contributed by atoms with Gasteiger partial charge in [-0.2, -0.15) is 0 Å². The average Bonchev–Trinajstić information content (AvgIpc) is 2.46. The summed E-state index contributed by atoms with van der Waals surface area (Å²) in [4.78, 5) is 0.0352. The Bertz CT molecular complexity index is 744. The van der Waals surface area contributed by atoms with Gasteiger partial charge in [0.1, 0.15) is 5.82 Å². The Hall–Kier alpha value is -1.92. The Labute approximate surface area is 123 Å². The van der Waals surface area contributed by atoms with Gasteiger partial charge in [0, 0.05) is 0 Å². The molecule has 0 saturated heterocycles. The molecule has 0 heterocycles. The highest BCUT2D eigenvalue weighted by molar-refractivity contribution is 7.92. The number of hydrogen-bond acceptors (Lipinski definition) is 3. The van der Waals surface area contributed by atoms with Crippen LogP contribution in [0.5, 0.6) is 0 Å². The first-order chi connectivity index (χ1) is 9.96. The molecule has 0 radical (unpaired) electrons. The molecular weight excluding hydrogens is 293 g/mol. The van der Waals surface area contributed by atoms with E-state index in [1.54, 1.807) is 6.07 Å². The van der Waals surface area contributed by atoms with E-state index in [9.17, 15) is 17.9 Å². The van der Waals surface area contributed by atoms with E-state index in [1.165, 1.54) is 30.3 Å². The smallest absolute Gasteiger partial charge is 0.261 e. The molecule has 2 aromatic rings. The molecule has 2 rings (SSSR count). The van der Waals surface area contributed by atoms with E-state index in [4.69, 9.17) is 0 Å². The highest BCUT2D eigenvalue weighted by Gasteiger charge is 2.16. The van der Waals surface area contributed by atoms with Gasteiger partial charge in [-0.1, -0.05) is 19.1 Å². The van der Waals surface area contributed by atoms with Crippen LogP contribution in [0.2, 0.25) is 0 Å². The SMILES string of the molecule is CCc1ccc(S(=O)(=O)Nc2cccc(F)c2)cc1CO. The zero-order valence-corrected chi connectivity index (χ0v) is 12.3. The standard InChI is InChI=1S/C15H16FNO3S/c1-2-11-6-7-15(8-12(11)10-18)21(19,20)17-14-5-3-4-13(16)9-14/h3-9,17-18H,2,10H2,1H3. The predicted octanol–water partition coefficient (Wildman–Crippen LogP) is 2.68. The third-order valence-corrected chi connectivity index (χ3v) is 4.50. The van der Waals surface area contributed by atoms with Crippen LogP contribution in [0, 0.1) is 5.82 Å². The second kappa shape index (κ2) is 6.24. The fourth-order valence-electron chi connectivity index (χ4n) is 2.03. The Morgan fingerprint density at radius 2 is 1.90 bits per heavy atom. The van der Waals surface area contributed by atoms with Crippen LogP contribution < -0.4 is 4.72 Å². The molecule has 0 atom stereocenters. The lowest BCUT2D eigenvalue weighted by Gasteiger charge is -2.11. The maximum atomic E-state index is 13.1. The zero-order valence-electron chi connectivity index (χ0n) is 11.5. The summed E-state index contributed by atoms with van der Waals surface area (Å²) < 4.78 is 39.9. The van der Waals surface area contributed by atoms with Gasteiger partial charge in [-0.25, -0.2) is 12.8 Å². The molecule has 0 saturated carbocycles. The molecule has 0 aliphatic rings. The first kappa shape index (κ1) is 15.5. The van der Waals surface area contributed by atoms with Crippen molar-refractivity contribution in [1.29, 1.82) is 0 Å². The summed E-state index contributed by atoms with van der Waals surface area (Å²) in [6.07, 6.45) is 0.702. The second-order valence-electron chi connectivity index (χ2n) is 4.56. The number of aryl methyl sites for hydroxylation is 1. The van der Waals surface area contributed by atoms with E-state index in [2.05, 4.69) is 4.72 Å². The Morgan fingerprint density at radius 3 is 2.52 bits per heavy atom. The molecule has 112 valence electrons. The minimum atomic E-state index is -3.82. The lowest BCUT2D eigenvalue weighted by molar-refractivity contribution is 0.280. The summed E-state index contributed by atoms with van der Waals surface area (Å²) in [5.74, 6) is -0.521. The summed E-state index contributed by atoms with van der Waals surface area (Å²) in [6.45, 7) is 1.69. The molecule has 0 aliphatic carbocycles. The van der Waals surface area contributed by atoms with Crippen molar-refractivity contribution in [3.05, 3.63) is 59.4 Å². The number of benzene rings is 2. The van der Waals surface area contributed by atoms with Crippen LogP contribution >= 0.6 is 0 Å². The number of halogens is 1. The molecule has 21 heavy (non-hydrogen) atoms. The normalized spacial score (nSPS) is 11.4. The molecule has 6 heteroatoms. The maximum absolute atomic E-state index is 13.1. The van der Waals surface area contributed by atoms with E-state index in [0.29, 0.717) is 12.0 Å². The first-order valence-corrected chi connectivity index (χ1v) is 7.95. The summed E-state index contributed by atoms with van der Waals surface area (Å²) in [5.41, 5.74) is 1.61. The topological polar surface area (TPSA) is 66.4 Å². The van der Waals surface area contributed by atoms with Crippen molar-refractivity contribution >= 4 is 15.7 Å². The van der Waals surface area contributed by atoms with Gasteiger partial charge in [-0.05, 0) is 47.9 Å².